The molecule has 0 saturated heterocycles. The highest BCUT2D eigenvalue weighted by molar-refractivity contribution is 7.80. The van der Waals surface area contributed by atoms with E-state index in [-0.39, 0.29) is 23.1 Å². The molecule has 0 aliphatic heterocycles. The van der Waals surface area contributed by atoms with Crippen LogP contribution in [0, 0.1) is 5.82 Å². The lowest BCUT2D eigenvalue weighted by atomic mass is 10.2. The number of ether oxygens (including phenoxy) is 1. The van der Waals surface area contributed by atoms with Crippen LogP contribution < -0.4 is 10.6 Å². The van der Waals surface area contributed by atoms with E-state index in [2.05, 4.69) is 15.6 Å². The lowest BCUT2D eigenvalue weighted by Crippen LogP contribution is -2.34. The molecular weight excluding hydrogens is 353 g/mol. The molecule has 0 aliphatic carbocycles. The summed E-state index contributed by atoms with van der Waals surface area (Å²) in [5, 5.41) is 7.33. The van der Waals surface area contributed by atoms with Crippen LogP contribution in [0.4, 0.5) is 9.52 Å². The Bertz CT molecular complexity index is 764. The van der Waals surface area contributed by atoms with Gasteiger partial charge in [0.2, 0.25) is 0 Å². The summed E-state index contributed by atoms with van der Waals surface area (Å²) in [7, 11) is 0. The summed E-state index contributed by atoms with van der Waals surface area (Å²) in [6, 6.07) is 5.26. The molecule has 0 spiro atoms. The minimum Gasteiger partial charge on any atom is -0.466 e. The molecule has 1 aromatic heterocycles. The highest BCUT2D eigenvalue weighted by Gasteiger charge is 2.12. The number of aromatic nitrogens is 1. The van der Waals surface area contributed by atoms with Gasteiger partial charge in [-0.05, 0) is 37.3 Å². The minimum atomic E-state index is -0.532. The smallest absolute Gasteiger partial charge is 0.311 e. The summed E-state index contributed by atoms with van der Waals surface area (Å²) >= 11 is 6.26. The van der Waals surface area contributed by atoms with Gasteiger partial charge in [-0.1, -0.05) is 6.07 Å². The Balaban J connectivity index is 1.89. The Morgan fingerprint density at radius 1 is 1.42 bits per heavy atom. The monoisotopic (exact) mass is 367 g/mol. The number of carbonyl (C=O) groups is 2. The van der Waals surface area contributed by atoms with Crippen molar-refractivity contribution >= 4 is 45.7 Å². The van der Waals surface area contributed by atoms with Gasteiger partial charge in [-0.25, -0.2) is 9.37 Å². The number of thiocarbonyl (C=S) groups is 1. The van der Waals surface area contributed by atoms with Crippen molar-refractivity contribution in [3.63, 3.8) is 0 Å². The summed E-state index contributed by atoms with van der Waals surface area (Å²) in [6.45, 7) is 2.04. The molecule has 2 aromatic rings. The van der Waals surface area contributed by atoms with E-state index in [4.69, 9.17) is 17.0 Å². The Morgan fingerprint density at radius 2 is 2.21 bits per heavy atom. The van der Waals surface area contributed by atoms with Crippen LogP contribution in [0.25, 0.3) is 0 Å². The van der Waals surface area contributed by atoms with Gasteiger partial charge in [0.15, 0.2) is 10.2 Å². The maximum absolute atomic E-state index is 13.1. The summed E-state index contributed by atoms with van der Waals surface area (Å²) < 4.78 is 17.9. The summed E-state index contributed by atoms with van der Waals surface area (Å²) in [5.74, 6) is -1.41. The molecule has 0 aliphatic rings. The molecule has 2 rings (SSSR count). The van der Waals surface area contributed by atoms with Crippen LogP contribution in [0.1, 0.15) is 23.0 Å². The van der Waals surface area contributed by atoms with Crippen molar-refractivity contribution in [1.82, 2.24) is 10.3 Å². The van der Waals surface area contributed by atoms with E-state index in [1.54, 1.807) is 12.3 Å². The number of halogens is 1. The normalized spacial score (nSPS) is 10.1. The second kappa shape index (κ2) is 8.46. The third-order valence-electron chi connectivity index (χ3n) is 2.72. The topological polar surface area (TPSA) is 80.3 Å². The van der Waals surface area contributed by atoms with Crippen molar-refractivity contribution in [3.05, 3.63) is 46.7 Å². The van der Waals surface area contributed by atoms with E-state index in [1.807, 2.05) is 0 Å². The molecule has 0 radical (unpaired) electrons. The predicted octanol–water partition coefficient (Wildman–Crippen LogP) is 2.51. The van der Waals surface area contributed by atoms with Crippen molar-refractivity contribution in [3.8, 4) is 0 Å². The van der Waals surface area contributed by atoms with Gasteiger partial charge in [0.05, 0.1) is 18.7 Å². The van der Waals surface area contributed by atoms with Crippen molar-refractivity contribution in [2.45, 2.75) is 13.3 Å². The van der Waals surface area contributed by atoms with Crippen molar-refractivity contribution in [2.75, 3.05) is 11.9 Å². The third-order valence-corrected chi connectivity index (χ3v) is 3.73. The number of benzene rings is 1. The third kappa shape index (κ3) is 5.36. The highest BCUT2D eigenvalue weighted by Crippen LogP contribution is 2.16. The second-order valence-electron chi connectivity index (χ2n) is 4.54. The quantitative estimate of drug-likeness (QED) is 0.624. The number of nitrogens with one attached hydrogen (secondary N) is 2. The lowest BCUT2D eigenvalue weighted by molar-refractivity contribution is -0.142. The van der Waals surface area contributed by atoms with Crippen LogP contribution >= 0.6 is 23.6 Å². The maximum atomic E-state index is 13.1. The van der Waals surface area contributed by atoms with Gasteiger partial charge in [-0.2, -0.15) is 0 Å². The van der Waals surface area contributed by atoms with Gasteiger partial charge in [-0.3, -0.25) is 14.9 Å². The number of thiazole rings is 1. The zero-order chi connectivity index (χ0) is 17.5. The van der Waals surface area contributed by atoms with E-state index in [0.29, 0.717) is 17.4 Å². The molecule has 9 heteroatoms. The molecule has 0 unspecified atom stereocenters. The van der Waals surface area contributed by atoms with E-state index in [9.17, 15) is 14.0 Å². The van der Waals surface area contributed by atoms with Gasteiger partial charge in [0, 0.05) is 10.9 Å². The molecule has 126 valence electrons. The molecule has 0 fully saturated rings. The zero-order valence-corrected chi connectivity index (χ0v) is 14.3. The molecule has 1 heterocycles. The first-order chi connectivity index (χ1) is 11.5. The molecular formula is C15H14FN3O3S2. The molecule has 2 N–H and O–H groups in total. The standard InChI is InChI=1S/C15H14FN3O3S2/c1-2-22-12(20)7-11-8-24-15(17-11)19-14(23)18-13(21)9-4-3-5-10(16)6-9/h3-6,8H,2,7H2,1H3,(H2,17,18,19,21,23). The fraction of sp³-hybridized carbons (Fsp3) is 0.200. The number of hydrogen-bond acceptors (Lipinski definition) is 6. The van der Waals surface area contributed by atoms with E-state index in [0.717, 1.165) is 6.07 Å². The number of nitrogens with zero attached hydrogens (tertiary/aromatic N) is 1. The van der Waals surface area contributed by atoms with Crippen LogP contribution in [-0.2, 0) is 16.0 Å². The zero-order valence-electron chi connectivity index (χ0n) is 12.7. The summed E-state index contributed by atoms with van der Waals surface area (Å²) in [6.07, 6.45) is 0.0639. The number of hydrogen-bond donors (Lipinski definition) is 2. The fourth-order valence-corrected chi connectivity index (χ4v) is 2.71. The lowest BCUT2D eigenvalue weighted by Gasteiger charge is -2.07. The van der Waals surface area contributed by atoms with Gasteiger partial charge < -0.3 is 10.1 Å². The van der Waals surface area contributed by atoms with Gasteiger partial charge in [0.1, 0.15) is 5.82 Å². The molecule has 24 heavy (non-hydrogen) atoms. The van der Waals surface area contributed by atoms with E-state index >= 15 is 0 Å². The van der Waals surface area contributed by atoms with Crippen molar-refractivity contribution in [2.24, 2.45) is 0 Å². The SMILES string of the molecule is CCOC(=O)Cc1csc(NC(=S)NC(=O)c2cccc(F)c2)n1. The van der Waals surface area contributed by atoms with Gasteiger partial charge in [-0.15, -0.1) is 11.3 Å². The van der Waals surface area contributed by atoms with Crippen LogP contribution in [0.15, 0.2) is 29.6 Å². The Labute approximate surface area is 147 Å². The first-order valence-corrected chi connectivity index (χ1v) is 8.24. The predicted molar refractivity (Wildman–Crippen MR) is 92.5 cm³/mol. The number of amides is 1. The number of anilines is 1. The Hall–Kier alpha value is -2.39. The largest absolute Gasteiger partial charge is 0.466 e. The number of esters is 1. The highest BCUT2D eigenvalue weighted by atomic mass is 32.1. The first kappa shape index (κ1) is 18.0. The second-order valence-corrected chi connectivity index (χ2v) is 5.81. The molecule has 6 nitrogen and oxygen atoms in total. The maximum Gasteiger partial charge on any atom is 0.311 e. The average Bonchev–Trinajstić information content (AvgIpc) is 2.94. The van der Waals surface area contributed by atoms with Crippen LogP contribution in [0.5, 0.6) is 0 Å². The summed E-state index contributed by atoms with van der Waals surface area (Å²) in [5.41, 5.74) is 0.696. The molecule has 0 bridgehead atoms. The Kier molecular flexibility index (Phi) is 6.33. The summed E-state index contributed by atoms with van der Waals surface area (Å²) in [4.78, 5) is 27.5. The molecule has 1 aromatic carbocycles. The average molecular weight is 367 g/mol. The Morgan fingerprint density at radius 3 is 2.92 bits per heavy atom. The van der Waals surface area contributed by atoms with E-state index < -0.39 is 11.7 Å². The molecule has 0 saturated carbocycles. The molecule has 1 amide bonds. The van der Waals surface area contributed by atoms with Crippen LogP contribution in [0.3, 0.4) is 0 Å². The number of rotatable bonds is 5. The fourth-order valence-electron chi connectivity index (χ4n) is 1.74. The molecule has 0 atom stereocenters. The van der Waals surface area contributed by atoms with Crippen LogP contribution in [0.2, 0.25) is 0 Å². The van der Waals surface area contributed by atoms with Crippen LogP contribution in [-0.4, -0.2) is 28.6 Å². The first-order valence-electron chi connectivity index (χ1n) is 6.96. The van der Waals surface area contributed by atoms with Crippen molar-refractivity contribution < 1.29 is 18.7 Å². The van der Waals surface area contributed by atoms with Gasteiger partial charge >= 0.3 is 5.97 Å². The van der Waals surface area contributed by atoms with E-state index in [1.165, 1.54) is 29.5 Å². The minimum absolute atomic E-state index is 0.0290. The number of carbonyl (C=O) groups excluding carboxylic acids is 2. The van der Waals surface area contributed by atoms with Gasteiger partial charge in [0.25, 0.3) is 5.91 Å². The van der Waals surface area contributed by atoms with Crippen molar-refractivity contribution in [1.29, 1.82) is 0 Å².